The Balaban J connectivity index is 1.83. The number of nitrogens with two attached hydrogens (primary N) is 1. The molecule has 23 heavy (non-hydrogen) atoms. The van der Waals surface area contributed by atoms with E-state index in [4.69, 9.17) is 5.73 Å². The van der Waals surface area contributed by atoms with Gasteiger partial charge in [-0.05, 0) is 24.1 Å². The van der Waals surface area contributed by atoms with Crippen LogP contribution >= 0.6 is 0 Å². The Labute approximate surface area is 135 Å². The lowest BCUT2D eigenvalue weighted by atomic mass is 9.89. The van der Waals surface area contributed by atoms with Crippen LogP contribution in [0.3, 0.4) is 0 Å². The van der Waals surface area contributed by atoms with Gasteiger partial charge in [0.25, 0.3) is 11.5 Å². The lowest BCUT2D eigenvalue weighted by Crippen LogP contribution is -2.31. The summed E-state index contributed by atoms with van der Waals surface area (Å²) in [7, 11) is 1.67. The van der Waals surface area contributed by atoms with Crippen LogP contribution in [0.15, 0.2) is 53.5 Å². The van der Waals surface area contributed by atoms with Crippen molar-refractivity contribution in [3.8, 4) is 0 Å². The summed E-state index contributed by atoms with van der Waals surface area (Å²) in [5.41, 5.74) is 7.39. The van der Waals surface area contributed by atoms with Gasteiger partial charge < -0.3 is 15.2 Å². The summed E-state index contributed by atoms with van der Waals surface area (Å²) >= 11 is 0. The summed E-state index contributed by atoms with van der Waals surface area (Å²) in [6, 6.07) is 13.3. The lowest BCUT2D eigenvalue weighted by molar-refractivity contribution is 0.0786. The second kappa shape index (κ2) is 6.38. The highest BCUT2D eigenvalue weighted by atomic mass is 16.2. The van der Waals surface area contributed by atoms with E-state index in [-0.39, 0.29) is 23.3 Å². The fourth-order valence-electron chi connectivity index (χ4n) is 3.22. The monoisotopic (exact) mass is 311 g/mol. The molecule has 0 spiro atoms. The number of carbonyl (C=O) groups is 1. The third-order valence-electron chi connectivity index (χ3n) is 4.61. The van der Waals surface area contributed by atoms with E-state index < -0.39 is 0 Å². The fraction of sp³-hybridized carbons (Fsp3) is 0.333. The van der Waals surface area contributed by atoms with Crippen molar-refractivity contribution in [1.29, 1.82) is 0 Å². The van der Waals surface area contributed by atoms with Crippen LogP contribution in [0.4, 0.5) is 0 Å². The smallest absolute Gasteiger partial charge is 0.254 e. The number of carbonyl (C=O) groups excluding carboxylic acids is 1. The first kappa shape index (κ1) is 15.5. The number of amides is 1. The summed E-state index contributed by atoms with van der Waals surface area (Å²) in [5, 5.41) is 0. The van der Waals surface area contributed by atoms with Crippen LogP contribution in [0, 0.1) is 5.92 Å². The predicted molar refractivity (Wildman–Crippen MR) is 89.3 cm³/mol. The largest absolute Gasteiger partial charge is 0.338 e. The maximum absolute atomic E-state index is 12.7. The SMILES string of the molecule is Cn1ccc(C(=O)N2C[C@@H](CN)[C@H](c3ccccc3)C2)cc1=O. The van der Waals surface area contributed by atoms with Crippen molar-refractivity contribution >= 4 is 5.91 Å². The summed E-state index contributed by atoms with van der Waals surface area (Å²) in [6.07, 6.45) is 1.63. The molecule has 0 unspecified atom stereocenters. The van der Waals surface area contributed by atoms with Gasteiger partial charge >= 0.3 is 0 Å². The first-order valence-corrected chi connectivity index (χ1v) is 7.81. The van der Waals surface area contributed by atoms with Gasteiger partial charge in [-0.25, -0.2) is 0 Å². The van der Waals surface area contributed by atoms with Gasteiger partial charge in [-0.3, -0.25) is 9.59 Å². The zero-order valence-corrected chi connectivity index (χ0v) is 13.2. The van der Waals surface area contributed by atoms with Crippen LogP contribution in [0.25, 0.3) is 0 Å². The van der Waals surface area contributed by atoms with Crippen LogP contribution in [0.2, 0.25) is 0 Å². The van der Waals surface area contributed by atoms with Crippen molar-refractivity contribution in [3.05, 3.63) is 70.1 Å². The van der Waals surface area contributed by atoms with E-state index >= 15 is 0 Å². The Morgan fingerprint density at radius 2 is 1.96 bits per heavy atom. The molecule has 0 saturated carbocycles. The molecule has 0 radical (unpaired) electrons. The molecule has 2 N–H and O–H groups in total. The number of aromatic nitrogens is 1. The molecule has 5 heteroatoms. The zero-order chi connectivity index (χ0) is 16.4. The van der Waals surface area contributed by atoms with E-state index in [0.717, 1.165) is 0 Å². The fourth-order valence-corrected chi connectivity index (χ4v) is 3.22. The summed E-state index contributed by atoms with van der Waals surface area (Å²) in [4.78, 5) is 26.2. The quantitative estimate of drug-likeness (QED) is 0.926. The van der Waals surface area contributed by atoms with Crippen LogP contribution in [-0.4, -0.2) is 35.0 Å². The van der Waals surface area contributed by atoms with Crippen LogP contribution in [-0.2, 0) is 7.05 Å². The summed E-state index contributed by atoms with van der Waals surface area (Å²) < 4.78 is 1.45. The number of benzene rings is 1. The Morgan fingerprint density at radius 1 is 1.22 bits per heavy atom. The predicted octanol–water partition coefficient (Wildman–Crippen LogP) is 1.20. The zero-order valence-electron chi connectivity index (χ0n) is 13.2. The van der Waals surface area contributed by atoms with Crippen LogP contribution in [0.1, 0.15) is 21.8 Å². The molecule has 2 aromatic rings. The van der Waals surface area contributed by atoms with Crippen molar-refractivity contribution < 1.29 is 4.79 Å². The molecule has 1 fully saturated rings. The minimum Gasteiger partial charge on any atom is -0.338 e. The van der Waals surface area contributed by atoms with Gasteiger partial charge in [-0.15, -0.1) is 0 Å². The van der Waals surface area contributed by atoms with E-state index in [1.165, 1.54) is 16.2 Å². The molecular weight excluding hydrogens is 290 g/mol. The molecule has 0 bridgehead atoms. The van der Waals surface area contributed by atoms with Crippen LogP contribution < -0.4 is 11.3 Å². The third-order valence-corrected chi connectivity index (χ3v) is 4.61. The second-order valence-electron chi connectivity index (χ2n) is 6.09. The molecule has 5 nitrogen and oxygen atoms in total. The Bertz CT molecular complexity index is 754. The van der Waals surface area contributed by atoms with E-state index in [1.807, 2.05) is 23.1 Å². The molecule has 3 rings (SSSR count). The Hall–Kier alpha value is -2.40. The normalized spacial score (nSPS) is 20.7. The number of aryl methyl sites for hydroxylation is 1. The van der Waals surface area contributed by atoms with Crippen LogP contribution in [0.5, 0.6) is 0 Å². The number of hydrogen-bond acceptors (Lipinski definition) is 3. The molecule has 2 atom stereocenters. The van der Waals surface area contributed by atoms with Gasteiger partial charge in [0.1, 0.15) is 0 Å². The van der Waals surface area contributed by atoms with E-state index in [0.29, 0.717) is 25.2 Å². The van der Waals surface area contributed by atoms with Crippen molar-refractivity contribution in [2.24, 2.45) is 18.7 Å². The van der Waals surface area contributed by atoms with E-state index in [9.17, 15) is 9.59 Å². The molecule has 2 heterocycles. The molecule has 1 aromatic carbocycles. The minimum absolute atomic E-state index is 0.0976. The molecule has 120 valence electrons. The van der Waals surface area contributed by atoms with Gasteiger partial charge in [-0.1, -0.05) is 30.3 Å². The first-order chi connectivity index (χ1) is 11.1. The maximum atomic E-state index is 12.7. The maximum Gasteiger partial charge on any atom is 0.254 e. The highest BCUT2D eigenvalue weighted by molar-refractivity contribution is 5.94. The van der Waals surface area contributed by atoms with Crippen molar-refractivity contribution in [1.82, 2.24) is 9.47 Å². The molecule has 1 aliphatic heterocycles. The molecule has 1 aliphatic rings. The number of rotatable bonds is 3. The van der Waals surface area contributed by atoms with Gasteiger partial charge in [-0.2, -0.15) is 0 Å². The number of pyridine rings is 1. The van der Waals surface area contributed by atoms with Crippen molar-refractivity contribution in [2.75, 3.05) is 19.6 Å². The van der Waals surface area contributed by atoms with Gasteiger partial charge in [0.05, 0.1) is 0 Å². The average molecular weight is 311 g/mol. The van der Waals surface area contributed by atoms with Crippen molar-refractivity contribution in [3.63, 3.8) is 0 Å². The minimum atomic E-state index is -0.176. The third kappa shape index (κ3) is 3.05. The standard InChI is InChI=1S/C18H21N3O2/c1-20-8-7-14(9-17(20)22)18(23)21-11-15(10-19)16(12-21)13-5-3-2-4-6-13/h2-9,15-16H,10-12,19H2,1H3/t15-,16+/m1/s1. The number of hydrogen-bond donors (Lipinski definition) is 1. The van der Waals surface area contributed by atoms with Gasteiger partial charge in [0, 0.05) is 43.9 Å². The Morgan fingerprint density at radius 3 is 2.61 bits per heavy atom. The first-order valence-electron chi connectivity index (χ1n) is 7.81. The highest BCUT2D eigenvalue weighted by Gasteiger charge is 2.35. The topological polar surface area (TPSA) is 68.3 Å². The van der Waals surface area contributed by atoms with E-state index in [1.54, 1.807) is 19.3 Å². The van der Waals surface area contributed by atoms with E-state index in [2.05, 4.69) is 12.1 Å². The summed E-state index contributed by atoms with van der Waals surface area (Å²) in [5.74, 6) is 0.393. The lowest BCUT2D eigenvalue weighted by Gasteiger charge is -2.17. The molecule has 1 aromatic heterocycles. The number of likely N-dealkylation sites (tertiary alicyclic amines) is 1. The average Bonchev–Trinajstić information content (AvgIpc) is 3.02. The number of nitrogens with zero attached hydrogens (tertiary/aromatic N) is 2. The summed E-state index contributed by atoms with van der Waals surface area (Å²) in [6.45, 7) is 1.81. The Kier molecular flexibility index (Phi) is 4.30. The molecule has 1 saturated heterocycles. The molecular formula is C18H21N3O2. The van der Waals surface area contributed by atoms with Gasteiger partial charge in [0.2, 0.25) is 0 Å². The highest BCUT2D eigenvalue weighted by Crippen LogP contribution is 2.32. The van der Waals surface area contributed by atoms with Gasteiger partial charge in [0.15, 0.2) is 0 Å². The molecule has 1 amide bonds. The second-order valence-corrected chi connectivity index (χ2v) is 6.09. The van der Waals surface area contributed by atoms with Crippen molar-refractivity contribution in [2.45, 2.75) is 5.92 Å². The molecule has 0 aliphatic carbocycles.